The van der Waals surface area contributed by atoms with Crippen molar-refractivity contribution in [2.75, 3.05) is 0 Å². The highest BCUT2D eigenvalue weighted by Gasteiger charge is 2.35. The first-order valence-electron chi connectivity index (χ1n) is 6.19. The molecule has 1 aromatic heterocycles. The predicted molar refractivity (Wildman–Crippen MR) is 74.0 cm³/mol. The molecule has 0 aliphatic heterocycles. The third-order valence-corrected chi connectivity index (χ3v) is 3.40. The van der Waals surface area contributed by atoms with Crippen molar-refractivity contribution in [1.82, 2.24) is 4.98 Å². The summed E-state index contributed by atoms with van der Waals surface area (Å²) in [5, 5.41) is 8.55. The highest BCUT2D eigenvalue weighted by Crippen LogP contribution is 2.34. The van der Waals surface area contributed by atoms with Crippen LogP contribution in [0.15, 0.2) is 41.2 Å². The first kappa shape index (κ1) is 14.1. The Balaban J connectivity index is 2.63. The number of carbonyl (C=O) groups is 1. The first-order chi connectivity index (χ1) is 10.3. The number of aromatic amines is 1. The quantitative estimate of drug-likeness (QED) is 0.677. The number of para-hydroxylation sites is 1. The van der Waals surface area contributed by atoms with Crippen LogP contribution >= 0.6 is 0 Å². The van der Waals surface area contributed by atoms with Gasteiger partial charge in [0.15, 0.2) is 5.43 Å². The number of fused-ring (bicyclic) bond motifs is 2. The zero-order chi connectivity index (χ0) is 16.1. The Labute approximate surface area is 120 Å². The van der Waals surface area contributed by atoms with Gasteiger partial charge in [0.05, 0.1) is 22.0 Å². The maximum atomic E-state index is 13.1. The van der Waals surface area contributed by atoms with Crippen molar-refractivity contribution in [2.45, 2.75) is 6.18 Å². The van der Waals surface area contributed by atoms with Crippen molar-refractivity contribution >= 4 is 27.8 Å². The number of alkyl halides is 3. The number of nitrogens with one attached hydrogen (secondary N) is 1. The molecule has 112 valence electrons. The number of halogens is 3. The van der Waals surface area contributed by atoms with E-state index in [4.69, 9.17) is 5.11 Å². The van der Waals surface area contributed by atoms with Crippen LogP contribution < -0.4 is 5.43 Å². The van der Waals surface area contributed by atoms with Gasteiger partial charge in [-0.3, -0.25) is 4.79 Å². The lowest BCUT2D eigenvalue weighted by Crippen LogP contribution is -2.15. The van der Waals surface area contributed by atoms with Crippen molar-refractivity contribution in [3.05, 3.63) is 57.7 Å². The first-order valence-corrected chi connectivity index (χ1v) is 6.19. The summed E-state index contributed by atoms with van der Waals surface area (Å²) in [5.74, 6) is -1.41. The third kappa shape index (κ3) is 2.02. The minimum atomic E-state index is -4.76. The normalized spacial score (nSPS) is 12.0. The van der Waals surface area contributed by atoms with Crippen molar-refractivity contribution in [3.63, 3.8) is 0 Å². The molecule has 0 atom stereocenters. The van der Waals surface area contributed by atoms with Crippen molar-refractivity contribution < 1.29 is 23.1 Å². The van der Waals surface area contributed by atoms with E-state index in [-0.39, 0.29) is 22.0 Å². The number of carboxylic acids is 1. The standard InChI is InChI=1S/C15H8F3NO3/c16-15(17,18)9-6-5-8(14(21)22)12-11(9)13(20)7-3-1-2-4-10(7)19-12/h1-6H,(H,19,20)(H,21,22). The van der Waals surface area contributed by atoms with Crippen LogP contribution in [0.25, 0.3) is 21.8 Å². The molecule has 22 heavy (non-hydrogen) atoms. The van der Waals surface area contributed by atoms with Gasteiger partial charge in [-0.2, -0.15) is 13.2 Å². The van der Waals surface area contributed by atoms with Crippen LogP contribution in [0.5, 0.6) is 0 Å². The Bertz CT molecular complexity index is 973. The molecule has 1 heterocycles. The monoisotopic (exact) mass is 307 g/mol. The molecule has 3 aromatic rings. The zero-order valence-electron chi connectivity index (χ0n) is 10.9. The van der Waals surface area contributed by atoms with Crippen LogP contribution in [-0.2, 0) is 6.18 Å². The number of pyridine rings is 1. The SMILES string of the molecule is O=C(O)c1ccc(C(F)(F)F)c2c(=O)c3ccccc3[nH]c12. The number of hydrogen-bond donors (Lipinski definition) is 2. The van der Waals surface area contributed by atoms with Gasteiger partial charge in [-0.25, -0.2) is 4.79 Å². The van der Waals surface area contributed by atoms with Gasteiger partial charge in [-0.1, -0.05) is 12.1 Å². The summed E-state index contributed by atoms with van der Waals surface area (Å²) < 4.78 is 39.4. The van der Waals surface area contributed by atoms with Crippen LogP contribution in [0, 0.1) is 0 Å². The van der Waals surface area contributed by atoms with Crippen LogP contribution in [-0.4, -0.2) is 16.1 Å². The molecular formula is C15H8F3NO3. The molecule has 4 nitrogen and oxygen atoms in total. The Morgan fingerprint density at radius 3 is 2.41 bits per heavy atom. The predicted octanol–water partition coefficient (Wildman–Crippen LogP) is 3.40. The van der Waals surface area contributed by atoms with Gasteiger partial charge in [0.1, 0.15) is 0 Å². The second-order valence-corrected chi connectivity index (χ2v) is 4.71. The van der Waals surface area contributed by atoms with Crippen molar-refractivity contribution in [3.8, 4) is 0 Å². The molecule has 0 amide bonds. The fourth-order valence-electron chi connectivity index (χ4n) is 2.44. The van der Waals surface area contributed by atoms with Crippen molar-refractivity contribution in [2.24, 2.45) is 0 Å². The highest BCUT2D eigenvalue weighted by molar-refractivity contribution is 6.06. The Hall–Kier alpha value is -2.83. The number of benzene rings is 2. The molecule has 0 bridgehead atoms. The van der Waals surface area contributed by atoms with E-state index in [0.717, 1.165) is 6.07 Å². The number of carboxylic acid groups (broad SMARTS) is 1. The van der Waals surface area contributed by atoms with E-state index in [2.05, 4.69) is 4.98 Å². The maximum Gasteiger partial charge on any atom is 0.417 e. The molecule has 0 saturated carbocycles. The Morgan fingerprint density at radius 2 is 1.77 bits per heavy atom. The van der Waals surface area contributed by atoms with Crippen LogP contribution in [0.3, 0.4) is 0 Å². The van der Waals surface area contributed by atoms with E-state index in [1.165, 1.54) is 18.2 Å². The van der Waals surface area contributed by atoms with Gasteiger partial charge in [0, 0.05) is 10.9 Å². The number of hydrogen-bond acceptors (Lipinski definition) is 2. The van der Waals surface area contributed by atoms with Gasteiger partial charge in [0.25, 0.3) is 0 Å². The lowest BCUT2D eigenvalue weighted by molar-refractivity contribution is -0.136. The van der Waals surface area contributed by atoms with E-state index < -0.39 is 28.5 Å². The molecular weight excluding hydrogens is 299 g/mol. The van der Waals surface area contributed by atoms with E-state index in [1.807, 2.05) is 0 Å². The molecule has 2 aromatic carbocycles. The number of H-pyrrole nitrogens is 1. The van der Waals surface area contributed by atoms with Crippen LogP contribution in [0.4, 0.5) is 13.2 Å². The van der Waals surface area contributed by atoms with Gasteiger partial charge in [-0.05, 0) is 24.3 Å². The molecule has 2 N–H and O–H groups in total. The van der Waals surface area contributed by atoms with Gasteiger partial charge in [0.2, 0.25) is 0 Å². The van der Waals surface area contributed by atoms with Gasteiger partial charge in [-0.15, -0.1) is 0 Å². The average Bonchev–Trinajstić information content (AvgIpc) is 2.45. The lowest BCUT2D eigenvalue weighted by atomic mass is 10.0. The Morgan fingerprint density at radius 1 is 1.09 bits per heavy atom. The van der Waals surface area contributed by atoms with E-state index in [9.17, 15) is 22.8 Å². The summed E-state index contributed by atoms with van der Waals surface area (Å²) in [5.41, 5.74) is -2.43. The van der Waals surface area contributed by atoms with Crippen molar-refractivity contribution in [1.29, 1.82) is 0 Å². The molecule has 0 fully saturated rings. The zero-order valence-corrected chi connectivity index (χ0v) is 10.9. The molecule has 0 saturated heterocycles. The molecule has 0 radical (unpaired) electrons. The smallest absolute Gasteiger partial charge is 0.417 e. The summed E-state index contributed by atoms with van der Waals surface area (Å²) >= 11 is 0. The average molecular weight is 307 g/mol. The maximum absolute atomic E-state index is 13.1. The fraction of sp³-hybridized carbons (Fsp3) is 0.0667. The molecule has 3 rings (SSSR count). The number of aromatic nitrogens is 1. The minimum Gasteiger partial charge on any atom is -0.478 e. The topological polar surface area (TPSA) is 70.2 Å². The molecule has 7 heteroatoms. The molecule has 0 spiro atoms. The van der Waals surface area contributed by atoms with E-state index in [0.29, 0.717) is 6.07 Å². The third-order valence-electron chi connectivity index (χ3n) is 3.40. The van der Waals surface area contributed by atoms with E-state index in [1.54, 1.807) is 6.07 Å². The second kappa shape index (κ2) is 4.59. The highest BCUT2D eigenvalue weighted by atomic mass is 19.4. The van der Waals surface area contributed by atoms with Crippen LogP contribution in [0.1, 0.15) is 15.9 Å². The summed E-state index contributed by atoms with van der Waals surface area (Å²) in [4.78, 5) is 26.3. The molecule has 0 aliphatic rings. The minimum absolute atomic E-state index is 0.0723. The second-order valence-electron chi connectivity index (χ2n) is 4.71. The van der Waals surface area contributed by atoms with Gasteiger partial charge < -0.3 is 10.1 Å². The Kier molecular flexibility index (Phi) is 2.94. The lowest BCUT2D eigenvalue weighted by Gasteiger charge is -2.12. The summed E-state index contributed by atoms with van der Waals surface area (Å²) in [6.45, 7) is 0. The van der Waals surface area contributed by atoms with Gasteiger partial charge >= 0.3 is 12.1 Å². The largest absolute Gasteiger partial charge is 0.478 e. The molecule has 0 aliphatic carbocycles. The number of aromatic carboxylic acids is 1. The molecule has 0 unspecified atom stereocenters. The van der Waals surface area contributed by atoms with E-state index >= 15 is 0 Å². The summed E-state index contributed by atoms with van der Waals surface area (Å²) in [7, 11) is 0. The number of rotatable bonds is 1. The van der Waals surface area contributed by atoms with Crippen LogP contribution in [0.2, 0.25) is 0 Å². The summed E-state index contributed by atoms with van der Waals surface area (Å²) in [6, 6.07) is 7.48. The fourth-order valence-corrected chi connectivity index (χ4v) is 2.44. The summed E-state index contributed by atoms with van der Waals surface area (Å²) in [6.07, 6.45) is -4.76.